The highest BCUT2D eigenvalue weighted by atomic mass is 19.3. The number of esters is 1. The van der Waals surface area contributed by atoms with Gasteiger partial charge in [0.25, 0.3) is 5.91 Å². The molecule has 0 fully saturated rings. The van der Waals surface area contributed by atoms with Crippen molar-refractivity contribution in [2.45, 2.75) is 26.6 Å². The van der Waals surface area contributed by atoms with Crippen molar-refractivity contribution in [3.63, 3.8) is 0 Å². The van der Waals surface area contributed by atoms with Crippen LogP contribution in [0.2, 0.25) is 0 Å². The Morgan fingerprint density at radius 1 is 1.24 bits per heavy atom. The third-order valence-corrected chi connectivity index (χ3v) is 2.95. The van der Waals surface area contributed by atoms with E-state index in [2.05, 4.69) is 10.1 Å². The molecule has 0 saturated carbocycles. The lowest BCUT2D eigenvalue weighted by molar-refractivity contribution is -0.129. The van der Waals surface area contributed by atoms with Gasteiger partial charge in [-0.15, -0.1) is 0 Å². The van der Waals surface area contributed by atoms with Gasteiger partial charge in [-0.25, -0.2) is 4.79 Å². The summed E-state index contributed by atoms with van der Waals surface area (Å²) in [5, 5.41) is 2.53. The van der Waals surface area contributed by atoms with E-state index in [1.807, 2.05) is 0 Å². The molecule has 1 rings (SSSR count). The van der Waals surface area contributed by atoms with Gasteiger partial charge in [0.15, 0.2) is 17.6 Å². The monoisotopic (exact) mass is 361 g/mol. The summed E-state index contributed by atoms with van der Waals surface area (Å²) in [5.74, 6) is -1.49. The quantitative estimate of drug-likeness (QED) is 0.507. The predicted molar refractivity (Wildman–Crippen MR) is 84.0 cm³/mol. The van der Waals surface area contributed by atoms with Gasteiger partial charge < -0.3 is 24.3 Å². The third kappa shape index (κ3) is 6.92. The molecule has 0 aliphatic carbocycles. The Morgan fingerprint density at radius 3 is 2.56 bits per heavy atom. The largest absolute Gasteiger partial charge is 0.490 e. The number of nitrogens with one attached hydrogen (secondary N) is 1. The van der Waals surface area contributed by atoms with Gasteiger partial charge in [-0.1, -0.05) is 0 Å². The van der Waals surface area contributed by atoms with Crippen molar-refractivity contribution in [3.8, 4) is 11.5 Å². The fourth-order valence-corrected chi connectivity index (χ4v) is 1.80. The van der Waals surface area contributed by atoms with Gasteiger partial charge >= 0.3 is 12.6 Å². The molecule has 1 aromatic carbocycles. The SMILES string of the molecule is CCOc1cc(C(=O)O[C@H](C)C(=O)NCCOC)ccc1OC(F)F. The molecule has 0 radical (unpaired) electrons. The zero-order valence-electron chi connectivity index (χ0n) is 14.2. The Balaban J connectivity index is 2.77. The Labute approximate surface area is 144 Å². The van der Waals surface area contributed by atoms with Crippen LogP contribution in [0.3, 0.4) is 0 Å². The van der Waals surface area contributed by atoms with Crippen molar-refractivity contribution in [2.24, 2.45) is 0 Å². The number of hydrogen-bond acceptors (Lipinski definition) is 6. The van der Waals surface area contributed by atoms with E-state index in [4.69, 9.17) is 14.2 Å². The number of ether oxygens (including phenoxy) is 4. The minimum Gasteiger partial charge on any atom is -0.490 e. The summed E-state index contributed by atoms with van der Waals surface area (Å²) in [6, 6.07) is 3.65. The fourth-order valence-electron chi connectivity index (χ4n) is 1.80. The molecule has 7 nitrogen and oxygen atoms in total. The molecule has 1 aromatic rings. The number of carbonyl (C=O) groups is 2. The number of alkyl halides is 2. The van der Waals surface area contributed by atoms with Crippen LogP contribution in [-0.2, 0) is 14.3 Å². The number of hydrogen-bond donors (Lipinski definition) is 1. The zero-order chi connectivity index (χ0) is 18.8. The molecule has 1 atom stereocenters. The van der Waals surface area contributed by atoms with Crippen LogP contribution in [0.4, 0.5) is 8.78 Å². The van der Waals surface area contributed by atoms with Crippen LogP contribution in [0.15, 0.2) is 18.2 Å². The summed E-state index contributed by atoms with van der Waals surface area (Å²) in [6.07, 6.45) is -1.03. The molecule has 9 heteroatoms. The Morgan fingerprint density at radius 2 is 1.96 bits per heavy atom. The fraction of sp³-hybridized carbons (Fsp3) is 0.500. The predicted octanol–water partition coefficient (Wildman–Crippen LogP) is 1.99. The molecular formula is C16H21F2NO6. The van der Waals surface area contributed by atoms with Gasteiger partial charge in [0, 0.05) is 13.7 Å². The molecule has 0 bridgehead atoms. The molecule has 0 spiro atoms. The minimum atomic E-state index is -3.02. The van der Waals surface area contributed by atoms with Gasteiger partial charge in [0.2, 0.25) is 0 Å². The average Bonchev–Trinajstić information content (AvgIpc) is 2.56. The van der Waals surface area contributed by atoms with Crippen LogP contribution < -0.4 is 14.8 Å². The first kappa shape index (κ1) is 20.6. The first-order chi connectivity index (χ1) is 11.9. The van der Waals surface area contributed by atoms with Gasteiger partial charge in [0.1, 0.15) is 0 Å². The van der Waals surface area contributed by atoms with E-state index in [1.165, 1.54) is 32.2 Å². The molecule has 25 heavy (non-hydrogen) atoms. The lowest BCUT2D eigenvalue weighted by atomic mass is 10.2. The second kappa shape index (κ2) is 10.4. The highest BCUT2D eigenvalue weighted by molar-refractivity contribution is 5.92. The molecule has 0 saturated heterocycles. The highest BCUT2D eigenvalue weighted by Gasteiger charge is 2.20. The Bertz CT molecular complexity index is 582. The van der Waals surface area contributed by atoms with Crippen LogP contribution >= 0.6 is 0 Å². The van der Waals surface area contributed by atoms with Crippen molar-refractivity contribution in [1.29, 1.82) is 0 Å². The van der Waals surface area contributed by atoms with Crippen LogP contribution in [-0.4, -0.2) is 51.5 Å². The summed E-state index contributed by atoms with van der Waals surface area (Å²) >= 11 is 0. The molecule has 0 heterocycles. The van der Waals surface area contributed by atoms with Crippen LogP contribution in [0.5, 0.6) is 11.5 Å². The van der Waals surface area contributed by atoms with Crippen molar-refractivity contribution in [1.82, 2.24) is 5.32 Å². The van der Waals surface area contributed by atoms with E-state index in [0.29, 0.717) is 6.61 Å². The Kier molecular flexibility index (Phi) is 8.62. The second-order valence-electron chi connectivity index (χ2n) is 4.80. The summed E-state index contributed by atoms with van der Waals surface area (Å²) in [4.78, 5) is 23.9. The number of halogens is 2. The smallest absolute Gasteiger partial charge is 0.387 e. The number of methoxy groups -OCH3 is 1. The maximum Gasteiger partial charge on any atom is 0.387 e. The summed E-state index contributed by atoms with van der Waals surface area (Å²) in [7, 11) is 1.49. The maximum atomic E-state index is 12.4. The average molecular weight is 361 g/mol. The van der Waals surface area contributed by atoms with E-state index in [-0.39, 0.29) is 30.2 Å². The van der Waals surface area contributed by atoms with Gasteiger partial charge in [-0.05, 0) is 32.0 Å². The molecule has 0 aromatic heterocycles. The molecule has 0 aliphatic rings. The summed E-state index contributed by atoms with van der Waals surface area (Å²) < 4.78 is 44.1. The number of rotatable bonds is 10. The number of benzene rings is 1. The van der Waals surface area contributed by atoms with E-state index >= 15 is 0 Å². The van der Waals surface area contributed by atoms with Gasteiger partial charge in [0.05, 0.1) is 18.8 Å². The maximum absolute atomic E-state index is 12.4. The van der Waals surface area contributed by atoms with Crippen LogP contribution in [0.25, 0.3) is 0 Å². The molecule has 0 aliphatic heterocycles. The number of carbonyl (C=O) groups excluding carboxylic acids is 2. The third-order valence-electron chi connectivity index (χ3n) is 2.95. The summed E-state index contributed by atoms with van der Waals surface area (Å²) in [5.41, 5.74) is 0.0432. The Hall–Kier alpha value is -2.42. The molecule has 0 unspecified atom stereocenters. The van der Waals surface area contributed by atoms with E-state index < -0.39 is 24.6 Å². The van der Waals surface area contributed by atoms with Gasteiger partial charge in [-0.3, -0.25) is 4.79 Å². The standard InChI is InChI=1S/C16H21F2NO6/c1-4-23-13-9-11(5-6-12(13)25-16(17)18)15(21)24-10(2)14(20)19-7-8-22-3/h5-6,9-10,16H,4,7-8H2,1-3H3,(H,19,20)/t10-/m1/s1. The van der Waals surface area contributed by atoms with Crippen molar-refractivity contribution >= 4 is 11.9 Å². The molecular weight excluding hydrogens is 340 g/mol. The first-order valence-corrected chi connectivity index (χ1v) is 7.58. The first-order valence-electron chi connectivity index (χ1n) is 7.58. The number of amides is 1. The molecule has 140 valence electrons. The summed E-state index contributed by atoms with van der Waals surface area (Å²) in [6.45, 7) is 0.853. The van der Waals surface area contributed by atoms with Crippen molar-refractivity contribution in [2.75, 3.05) is 26.9 Å². The normalized spacial score (nSPS) is 11.8. The topological polar surface area (TPSA) is 83.1 Å². The van der Waals surface area contributed by atoms with E-state index in [0.717, 1.165) is 0 Å². The van der Waals surface area contributed by atoms with Crippen molar-refractivity contribution < 1.29 is 37.3 Å². The molecule has 1 amide bonds. The second-order valence-corrected chi connectivity index (χ2v) is 4.80. The van der Waals surface area contributed by atoms with Crippen LogP contribution in [0.1, 0.15) is 24.2 Å². The van der Waals surface area contributed by atoms with E-state index in [1.54, 1.807) is 6.92 Å². The lowest BCUT2D eigenvalue weighted by Crippen LogP contribution is -2.37. The highest BCUT2D eigenvalue weighted by Crippen LogP contribution is 2.30. The molecule has 1 N–H and O–H groups in total. The zero-order valence-corrected chi connectivity index (χ0v) is 14.2. The minimum absolute atomic E-state index is 0.0190. The van der Waals surface area contributed by atoms with Crippen LogP contribution in [0, 0.1) is 0 Å². The van der Waals surface area contributed by atoms with Crippen molar-refractivity contribution in [3.05, 3.63) is 23.8 Å². The van der Waals surface area contributed by atoms with Gasteiger partial charge in [-0.2, -0.15) is 8.78 Å². The van der Waals surface area contributed by atoms with E-state index in [9.17, 15) is 18.4 Å². The lowest BCUT2D eigenvalue weighted by Gasteiger charge is -2.15.